The molecule has 11 nitrogen and oxygen atoms in total. The first-order valence-corrected chi connectivity index (χ1v) is 18.2. The van der Waals surface area contributed by atoms with Gasteiger partial charge in [0.05, 0.1) is 39.9 Å². The highest BCUT2D eigenvalue weighted by molar-refractivity contribution is 9.11. The number of benzene rings is 4. The van der Waals surface area contributed by atoms with E-state index in [-0.39, 0.29) is 49.0 Å². The normalized spacial score (nSPS) is 10.2. The molecule has 2 N–H and O–H groups in total. The SMILES string of the molecule is C.CCOC(C)=O.COCCOc1c(Br)ccc(C(=O)O)c1C.COCCOc1c(Br)ccc(C(=O)Oc2c(F)c(F)c(F)c(F)c2F)c1C.Oc1c(F)c(F)c(F)c(F)c1F.[2H][2H]. The number of hydrogen-bond acceptors (Lipinski definition) is 10. The Balaban J connectivity index is 0. The summed E-state index contributed by atoms with van der Waals surface area (Å²) < 4.78 is 168. The van der Waals surface area contributed by atoms with Crippen molar-refractivity contribution in [2.75, 3.05) is 47.3 Å². The summed E-state index contributed by atoms with van der Waals surface area (Å²) in [6.45, 7) is 8.08. The van der Waals surface area contributed by atoms with Crippen molar-refractivity contribution >= 4 is 49.8 Å². The quantitative estimate of drug-likeness (QED) is 0.0349. The van der Waals surface area contributed by atoms with E-state index in [9.17, 15) is 58.3 Å². The zero-order valence-corrected chi connectivity index (χ0v) is 35.6. The van der Waals surface area contributed by atoms with Crippen LogP contribution in [0.4, 0.5) is 43.9 Å². The monoisotopic (exact) mass is 1030 g/mol. The Labute approximate surface area is 367 Å². The van der Waals surface area contributed by atoms with E-state index >= 15 is 0 Å². The molecule has 0 aliphatic carbocycles. The number of carbonyl (C=O) groups is 3. The van der Waals surface area contributed by atoms with E-state index in [2.05, 4.69) is 41.3 Å². The number of carboxylic acids is 1. The van der Waals surface area contributed by atoms with Crippen LogP contribution in [0, 0.1) is 72.0 Å². The van der Waals surface area contributed by atoms with Gasteiger partial charge < -0.3 is 38.6 Å². The van der Waals surface area contributed by atoms with Crippen LogP contribution in [-0.4, -0.2) is 75.4 Å². The Kier molecular flexibility index (Phi) is 23.9. The molecule has 23 heteroatoms. The summed E-state index contributed by atoms with van der Waals surface area (Å²) in [6, 6.07) is 5.87. The third-order valence-corrected chi connectivity index (χ3v) is 8.38. The molecule has 0 aliphatic heterocycles. The second-order valence-electron chi connectivity index (χ2n) is 11.2. The number of hydrogen-bond donors (Lipinski definition) is 2. The van der Waals surface area contributed by atoms with E-state index < -0.39 is 81.6 Å². The van der Waals surface area contributed by atoms with Crippen LogP contribution in [0.3, 0.4) is 0 Å². The number of halogens is 12. The van der Waals surface area contributed by atoms with Gasteiger partial charge in [0, 0.05) is 35.2 Å². The van der Waals surface area contributed by atoms with Crippen LogP contribution in [0.25, 0.3) is 0 Å². The van der Waals surface area contributed by atoms with Gasteiger partial charge in [0.15, 0.2) is 5.75 Å². The molecule has 4 aromatic carbocycles. The van der Waals surface area contributed by atoms with Gasteiger partial charge >= 0.3 is 17.9 Å². The van der Waals surface area contributed by atoms with Crippen LogP contribution in [0.2, 0.25) is 0 Å². The minimum Gasteiger partial charge on any atom is -0.503 e. The van der Waals surface area contributed by atoms with Gasteiger partial charge in [-0.1, -0.05) is 7.43 Å². The molecule has 0 radical (unpaired) electrons. The fourth-order valence-electron chi connectivity index (χ4n) is 4.20. The van der Waals surface area contributed by atoms with E-state index in [0.29, 0.717) is 35.6 Å². The molecule has 4 aromatic rings. The van der Waals surface area contributed by atoms with Crippen molar-refractivity contribution in [1.29, 1.82) is 0 Å². The van der Waals surface area contributed by atoms with Crippen molar-refractivity contribution in [2.45, 2.75) is 35.1 Å². The molecule has 0 aliphatic rings. The third kappa shape index (κ3) is 15.3. The standard InChI is InChI=1S/C17H12BrF5O4.C11H13BrO4.C6HF5O.C4H8O2.CH4.H2/c1-7-8(3-4-9(18)15(7)26-6-5-25-2)17(24)27-16-13(22)11(20)10(19)12(21)14(16)23;1-7-8(11(13)14)3-4-9(12)10(7)16-6-5-15-2;7-1-2(8)4(10)6(12)5(11)3(1)9;1-3-6-4(2)5;;/h3-4H,5-6H2,1-2H3;3-4H,5-6H2,1-2H3,(H,13,14);12H;3H2,1-2H3;1H4;1H/i;;;;;1+1D. The number of rotatable bonds is 12. The average Bonchev–Trinajstić information content (AvgIpc) is 3.25. The summed E-state index contributed by atoms with van der Waals surface area (Å²) in [5.74, 6) is -27.6. The van der Waals surface area contributed by atoms with Crippen LogP contribution >= 0.6 is 31.9 Å². The predicted octanol–water partition coefficient (Wildman–Crippen LogP) is 10.7. The Morgan fingerprint density at radius 2 is 0.968 bits per heavy atom. The van der Waals surface area contributed by atoms with E-state index in [1.54, 1.807) is 33.1 Å². The number of phenols is 1. The Bertz CT molecular complexity index is 2070. The summed E-state index contributed by atoms with van der Waals surface area (Å²) in [5, 5.41) is 17.3. The van der Waals surface area contributed by atoms with Gasteiger partial charge in [-0.2, -0.15) is 17.6 Å². The van der Waals surface area contributed by atoms with Gasteiger partial charge in [0.25, 0.3) is 0 Å². The third-order valence-electron chi connectivity index (χ3n) is 7.13. The lowest BCUT2D eigenvalue weighted by Gasteiger charge is -2.14. The van der Waals surface area contributed by atoms with E-state index in [1.165, 1.54) is 33.1 Å². The van der Waals surface area contributed by atoms with E-state index in [0.717, 1.165) is 4.47 Å². The van der Waals surface area contributed by atoms with E-state index in [4.69, 9.17) is 32.1 Å². The molecule has 0 aromatic heterocycles. The second kappa shape index (κ2) is 27.0. The molecule has 62 heavy (non-hydrogen) atoms. The van der Waals surface area contributed by atoms with Crippen molar-refractivity contribution in [1.82, 2.24) is 0 Å². The summed E-state index contributed by atoms with van der Waals surface area (Å²) in [5.41, 5.74) is 0.900. The number of carbonyl (C=O) groups excluding carboxylic acids is 2. The molecule has 0 bridgehead atoms. The largest absolute Gasteiger partial charge is 0.503 e. The van der Waals surface area contributed by atoms with Gasteiger partial charge in [-0.05, 0) is 76.9 Å². The summed E-state index contributed by atoms with van der Waals surface area (Å²) in [6.07, 6.45) is 0. The maximum Gasteiger partial charge on any atom is 0.344 e. The summed E-state index contributed by atoms with van der Waals surface area (Å²) in [7, 11) is 3.04. The molecule has 0 saturated carbocycles. The number of carboxylic acid groups (broad SMARTS) is 1. The molecule has 0 atom stereocenters. The van der Waals surface area contributed by atoms with Crippen LogP contribution in [0.1, 0.15) is 56.1 Å². The lowest BCUT2D eigenvalue weighted by Crippen LogP contribution is -2.15. The maximum atomic E-state index is 13.7. The minimum atomic E-state index is -2.35. The van der Waals surface area contributed by atoms with Crippen molar-refractivity contribution in [3.63, 3.8) is 0 Å². The first-order valence-electron chi connectivity index (χ1n) is 17.6. The van der Waals surface area contributed by atoms with Gasteiger partial charge in [0.2, 0.25) is 63.9 Å². The highest BCUT2D eigenvalue weighted by atomic mass is 79.9. The predicted molar refractivity (Wildman–Crippen MR) is 210 cm³/mol. The molecule has 0 amide bonds. The van der Waals surface area contributed by atoms with Crippen molar-refractivity contribution in [3.05, 3.63) is 114 Å². The molecule has 0 saturated heterocycles. The van der Waals surface area contributed by atoms with Crippen molar-refractivity contribution < 1.29 is 99.9 Å². The molecule has 0 spiro atoms. The molecule has 0 fully saturated rings. The van der Waals surface area contributed by atoms with E-state index in [1.807, 2.05) is 0 Å². The van der Waals surface area contributed by atoms with Crippen molar-refractivity contribution in [2.24, 2.45) is 0 Å². The number of ether oxygens (including phenoxy) is 6. The van der Waals surface area contributed by atoms with Crippen molar-refractivity contribution in [3.8, 4) is 23.0 Å². The molecular formula is C39H40Br2F10O11. The molecule has 0 heterocycles. The molecule has 0 unspecified atom stereocenters. The fourth-order valence-corrected chi connectivity index (χ4v) is 5.29. The lowest BCUT2D eigenvalue weighted by molar-refractivity contribution is -0.140. The number of aromatic hydroxyl groups is 1. The Morgan fingerprint density at radius 1 is 0.613 bits per heavy atom. The molecule has 4 rings (SSSR count). The highest BCUT2D eigenvalue weighted by Gasteiger charge is 2.30. The number of phenolic OH excluding ortho intramolecular Hbond substituents is 1. The smallest absolute Gasteiger partial charge is 0.344 e. The zero-order chi connectivity index (χ0) is 48.9. The molecular weight excluding hydrogens is 994 g/mol. The minimum absolute atomic E-state index is 0. The first-order chi connectivity index (χ1) is 29.5. The molecule has 346 valence electrons. The van der Waals surface area contributed by atoms with Gasteiger partial charge in [-0.15, -0.1) is 0 Å². The van der Waals surface area contributed by atoms with Crippen LogP contribution in [-0.2, 0) is 19.0 Å². The summed E-state index contributed by atoms with van der Waals surface area (Å²) in [4.78, 5) is 33.0. The zero-order valence-electron chi connectivity index (χ0n) is 34.4. The fraction of sp³-hybridized carbons (Fsp3) is 0.308. The number of aromatic carboxylic acids is 1. The van der Waals surface area contributed by atoms with Crippen LogP contribution < -0.4 is 14.2 Å². The average molecular weight is 1040 g/mol. The van der Waals surface area contributed by atoms with Crippen LogP contribution in [0.5, 0.6) is 23.0 Å². The first kappa shape index (κ1) is 54.9. The second-order valence-corrected chi connectivity index (χ2v) is 12.9. The van der Waals surface area contributed by atoms with Crippen LogP contribution in [0.15, 0.2) is 33.2 Å². The highest BCUT2D eigenvalue weighted by Crippen LogP contribution is 2.34. The Hall–Kier alpha value is -5.13. The Morgan fingerprint density at radius 3 is 1.31 bits per heavy atom. The summed E-state index contributed by atoms with van der Waals surface area (Å²) >= 11 is 6.54. The maximum absolute atomic E-state index is 13.7. The van der Waals surface area contributed by atoms with Gasteiger partial charge in [-0.3, -0.25) is 4.79 Å². The number of esters is 2. The van der Waals surface area contributed by atoms with Gasteiger partial charge in [0.1, 0.15) is 24.7 Å². The lowest BCUT2D eigenvalue weighted by atomic mass is 10.1. The van der Waals surface area contributed by atoms with Gasteiger partial charge in [-0.25, -0.2) is 35.9 Å². The number of methoxy groups -OCH3 is 2. The topological polar surface area (TPSA) is 147 Å².